The summed E-state index contributed by atoms with van der Waals surface area (Å²) in [7, 11) is 1.66. The van der Waals surface area contributed by atoms with Gasteiger partial charge in [-0.25, -0.2) is 0 Å². The summed E-state index contributed by atoms with van der Waals surface area (Å²) in [6.07, 6.45) is 0. The van der Waals surface area contributed by atoms with Crippen LogP contribution in [0.5, 0.6) is 5.75 Å². The Morgan fingerprint density at radius 1 is 1.24 bits per heavy atom. The number of aliphatic hydroxyl groups is 1. The summed E-state index contributed by atoms with van der Waals surface area (Å²) in [5, 5.41) is 11.9. The van der Waals surface area contributed by atoms with Crippen molar-refractivity contribution in [3.63, 3.8) is 0 Å². The van der Waals surface area contributed by atoms with Crippen molar-refractivity contribution in [1.82, 2.24) is 5.32 Å². The quantitative estimate of drug-likeness (QED) is 0.672. The van der Waals surface area contributed by atoms with Crippen LogP contribution in [0.2, 0.25) is 0 Å². The van der Waals surface area contributed by atoms with Crippen LogP contribution in [0.1, 0.15) is 18.5 Å². The number of ether oxygens (including phenoxy) is 2. The molecule has 0 aliphatic carbocycles. The van der Waals surface area contributed by atoms with Crippen LogP contribution in [0.25, 0.3) is 0 Å². The molecule has 0 amide bonds. The molecule has 1 aromatic carbocycles. The highest BCUT2D eigenvalue weighted by atomic mass is 16.5. The molecule has 0 aromatic heterocycles. The van der Waals surface area contributed by atoms with E-state index in [1.807, 2.05) is 24.3 Å². The first-order chi connectivity index (χ1) is 8.27. The smallest absolute Gasteiger partial charge is 0.118 e. The third kappa shape index (κ3) is 5.17. The fourth-order valence-electron chi connectivity index (χ4n) is 1.52. The summed E-state index contributed by atoms with van der Waals surface area (Å²) in [4.78, 5) is 0. The van der Waals surface area contributed by atoms with E-state index in [2.05, 4.69) is 12.2 Å². The molecule has 0 saturated heterocycles. The molecular formula is C13H21NO3. The zero-order valence-electron chi connectivity index (χ0n) is 10.5. The second-order valence-corrected chi connectivity index (χ2v) is 3.78. The SMILES string of the molecule is COc1ccc([C@@H](C)NCCOCCO)cc1. The Balaban J connectivity index is 2.28. The number of nitrogens with one attached hydrogen (secondary N) is 1. The van der Waals surface area contributed by atoms with Crippen molar-refractivity contribution in [2.75, 3.05) is 33.5 Å². The number of hydrogen-bond donors (Lipinski definition) is 2. The summed E-state index contributed by atoms with van der Waals surface area (Å²) in [6, 6.07) is 8.28. The highest BCUT2D eigenvalue weighted by Gasteiger charge is 2.04. The predicted molar refractivity (Wildman–Crippen MR) is 67.3 cm³/mol. The highest BCUT2D eigenvalue weighted by Crippen LogP contribution is 2.16. The Morgan fingerprint density at radius 2 is 1.94 bits per heavy atom. The summed E-state index contributed by atoms with van der Waals surface area (Å²) >= 11 is 0. The Bertz CT molecular complexity index is 300. The van der Waals surface area contributed by atoms with Gasteiger partial charge in [-0.1, -0.05) is 12.1 Å². The molecule has 0 bridgehead atoms. The van der Waals surface area contributed by atoms with Crippen LogP contribution in [-0.2, 0) is 4.74 Å². The minimum absolute atomic E-state index is 0.0774. The summed E-state index contributed by atoms with van der Waals surface area (Å²) in [6.45, 7) is 3.97. The van der Waals surface area contributed by atoms with Crippen LogP contribution in [-0.4, -0.2) is 38.6 Å². The van der Waals surface area contributed by atoms with Crippen molar-refractivity contribution >= 4 is 0 Å². The number of methoxy groups -OCH3 is 1. The van der Waals surface area contributed by atoms with E-state index in [9.17, 15) is 0 Å². The standard InChI is InChI=1S/C13H21NO3/c1-11(14-7-9-17-10-8-15)12-3-5-13(16-2)6-4-12/h3-6,11,14-15H,7-10H2,1-2H3/t11-/m1/s1. The van der Waals surface area contributed by atoms with Crippen LogP contribution in [0.15, 0.2) is 24.3 Å². The minimum atomic E-state index is 0.0774. The average Bonchev–Trinajstić information content (AvgIpc) is 2.38. The summed E-state index contributed by atoms with van der Waals surface area (Å²) in [5.74, 6) is 0.868. The fourth-order valence-corrected chi connectivity index (χ4v) is 1.52. The lowest BCUT2D eigenvalue weighted by atomic mass is 10.1. The van der Waals surface area contributed by atoms with E-state index in [-0.39, 0.29) is 12.6 Å². The van der Waals surface area contributed by atoms with Crippen molar-refractivity contribution in [1.29, 1.82) is 0 Å². The van der Waals surface area contributed by atoms with Gasteiger partial charge in [-0.2, -0.15) is 0 Å². The molecule has 1 rings (SSSR count). The minimum Gasteiger partial charge on any atom is -0.497 e. The molecule has 0 radical (unpaired) electrons. The molecule has 0 heterocycles. The van der Waals surface area contributed by atoms with E-state index in [0.29, 0.717) is 13.2 Å². The molecule has 0 aliphatic rings. The first kappa shape index (κ1) is 14.0. The maximum Gasteiger partial charge on any atom is 0.118 e. The van der Waals surface area contributed by atoms with Gasteiger partial charge in [0.1, 0.15) is 5.75 Å². The normalized spacial score (nSPS) is 12.4. The van der Waals surface area contributed by atoms with Gasteiger partial charge in [0.2, 0.25) is 0 Å². The summed E-state index contributed by atoms with van der Waals surface area (Å²) in [5.41, 5.74) is 1.22. The van der Waals surface area contributed by atoms with Crippen molar-refractivity contribution in [3.05, 3.63) is 29.8 Å². The van der Waals surface area contributed by atoms with Crippen molar-refractivity contribution < 1.29 is 14.6 Å². The zero-order chi connectivity index (χ0) is 12.5. The fraction of sp³-hybridized carbons (Fsp3) is 0.538. The zero-order valence-corrected chi connectivity index (χ0v) is 10.5. The van der Waals surface area contributed by atoms with Crippen LogP contribution in [0.3, 0.4) is 0 Å². The predicted octanol–water partition coefficient (Wildman–Crippen LogP) is 1.35. The van der Waals surface area contributed by atoms with Gasteiger partial charge in [-0.05, 0) is 24.6 Å². The first-order valence-corrected chi connectivity index (χ1v) is 5.84. The van der Waals surface area contributed by atoms with E-state index in [1.54, 1.807) is 7.11 Å². The Hall–Kier alpha value is -1.10. The molecule has 0 fully saturated rings. The Morgan fingerprint density at radius 3 is 2.53 bits per heavy atom. The Labute approximate surface area is 103 Å². The lowest BCUT2D eigenvalue weighted by Gasteiger charge is -2.14. The van der Waals surface area contributed by atoms with Crippen molar-refractivity contribution in [2.24, 2.45) is 0 Å². The third-order valence-electron chi connectivity index (χ3n) is 2.55. The van der Waals surface area contributed by atoms with Gasteiger partial charge in [-0.15, -0.1) is 0 Å². The van der Waals surface area contributed by atoms with E-state index in [1.165, 1.54) is 5.56 Å². The van der Waals surface area contributed by atoms with E-state index >= 15 is 0 Å². The van der Waals surface area contributed by atoms with Crippen molar-refractivity contribution in [2.45, 2.75) is 13.0 Å². The molecule has 2 N–H and O–H groups in total. The van der Waals surface area contributed by atoms with Gasteiger partial charge in [0.15, 0.2) is 0 Å². The molecule has 0 unspecified atom stereocenters. The molecule has 0 saturated carbocycles. The second-order valence-electron chi connectivity index (χ2n) is 3.78. The van der Waals surface area contributed by atoms with Gasteiger partial charge in [0, 0.05) is 12.6 Å². The monoisotopic (exact) mass is 239 g/mol. The maximum absolute atomic E-state index is 8.54. The highest BCUT2D eigenvalue weighted by molar-refractivity contribution is 5.28. The molecule has 0 aliphatic heterocycles. The molecular weight excluding hydrogens is 218 g/mol. The third-order valence-corrected chi connectivity index (χ3v) is 2.55. The number of aliphatic hydroxyl groups excluding tert-OH is 1. The van der Waals surface area contributed by atoms with E-state index in [0.717, 1.165) is 12.3 Å². The van der Waals surface area contributed by atoms with E-state index < -0.39 is 0 Å². The van der Waals surface area contributed by atoms with E-state index in [4.69, 9.17) is 14.6 Å². The molecule has 4 heteroatoms. The van der Waals surface area contributed by atoms with Gasteiger partial charge >= 0.3 is 0 Å². The lowest BCUT2D eigenvalue weighted by molar-refractivity contribution is 0.0928. The number of rotatable bonds is 8. The molecule has 4 nitrogen and oxygen atoms in total. The maximum atomic E-state index is 8.54. The van der Waals surface area contributed by atoms with Gasteiger partial charge in [0.25, 0.3) is 0 Å². The van der Waals surface area contributed by atoms with Gasteiger partial charge in [-0.3, -0.25) is 0 Å². The number of benzene rings is 1. The Kier molecular flexibility index (Phi) is 6.62. The molecule has 96 valence electrons. The van der Waals surface area contributed by atoms with Crippen LogP contribution < -0.4 is 10.1 Å². The van der Waals surface area contributed by atoms with Crippen LogP contribution >= 0.6 is 0 Å². The topological polar surface area (TPSA) is 50.7 Å². The summed E-state index contributed by atoms with van der Waals surface area (Å²) < 4.78 is 10.3. The molecule has 17 heavy (non-hydrogen) atoms. The first-order valence-electron chi connectivity index (χ1n) is 5.84. The van der Waals surface area contributed by atoms with Crippen LogP contribution in [0.4, 0.5) is 0 Å². The largest absolute Gasteiger partial charge is 0.497 e. The molecule has 1 atom stereocenters. The second kappa shape index (κ2) is 8.06. The number of hydrogen-bond acceptors (Lipinski definition) is 4. The van der Waals surface area contributed by atoms with Gasteiger partial charge in [0.05, 0.1) is 26.9 Å². The van der Waals surface area contributed by atoms with Gasteiger partial charge < -0.3 is 19.9 Å². The molecule has 0 spiro atoms. The lowest BCUT2D eigenvalue weighted by Crippen LogP contribution is -2.23. The average molecular weight is 239 g/mol. The van der Waals surface area contributed by atoms with Crippen LogP contribution in [0, 0.1) is 0 Å². The molecule has 1 aromatic rings. The van der Waals surface area contributed by atoms with Crippen molar-refractivity contribution in [3.8, 4) is 5.75 Å².